The molecule has 0 atom stereocenters. The van der Waals surface area contributed by atoms with Crippen molar-refractivity contribution in [3.63, 3.8) is 0 Å². The van der Waals surface area contributed by atoms with E-state index in [1.807, 2.05) is 26.0 Å². The number of phenols is 2. The van der Waals surface area contributed by atoms with Crippen LogP contribution in [-0.2, 0) is 0 Å². The molecule has 0 unspecified atom stereocenters. The number of hydrogen-bond acceptors (Lipinski definition) is 10. The second-order valence-corrected chi connectivity index (χ2v) is 9.42. The zero-order valence-corrected chi connectivity index (χ0v) is 20.8. The molecule has 6 N–H and O–H groups in total. The molecule has 1 aliphatic rings. The molecule has 4 aromatic rings. The summed E-state index contributed by atoms with van der Waals surface area (Å²) in [5.41, 5.74) is 14.2. The molecule has 0 aliphatic heterocycles. The number of nitrogens with two attached hydrogens (primary N) is 2. The molecule has 0 fully saturated rings. The van der Waals surface area contributed by atoms with Crippen molar-refractivity contribution < 1.29 is 19.7 Å². The van der Waals surface area contributed by atoms with Gasteiger partial charge in [-0.1, -0.05) is 13.8 Å². The summed E-state index contributed by atoms with van der Waals surface area (Å²) in [5.74, 6) is 2.22. The highest BCUT2D eigenvalue weighted by Crippen LogP contribution is 2.35. The van der Waals surface area contributed by atoms with Crippen LogP contribution in [0.2, 0.25) is 0 Å². The molecule has 0 saturated carbocycles. The van der Waals surface area contributed by atoms with Gasteiger partial charge >= 0.3 is 0 Å². The summed E-state index contributed by atoms with van der Waals surface area (Å²) in [6.07, 6.45) is 4.30. The highest BCUT2D eigenvalue weighted by atomic mass is 16.5. The van der Waals surface area contributed by atoms with Gasteiger partial charge in [-0.05, 0) is 60.7 Å². The average molecular weight is 511 g/mol. The molecule has 0 amide bonds. The van der Waals surface area contributed by atoms with E-state index < -0.39 is 0 Å². The number of aromatic nitrogens is 4. The Morgan fingerprint density at radius 3 is 1.45 bits per heavy atom. The third kappa shape index (κ3) is 5.81. The van der Waals surface area contributed by atoms with Crippen molar-refractivity contribution in [2.45, 2.75) is 20.3 Å². The number of nitrogens with zero attached hydrogens (tertiary/aromatic N) is 4. The van der Waals surface area contributed by atoms with Gasteiger partial charge < -0.3 is 31.2 Å². The van der Waals surface area contributed by atoms with Crippen LogP contribution < -0.4 is 20.9 Å². The summed E-state index contributed by atoms with van der Waals surface area (Å²) in [7, 11) is 0. The topological polar surface area (TPSA) is 163 Å². The van der Waals surface area contributed by atoms with Gasteiger partial charge in [0.15, 0.2) is 0 Å². The zero-order valence-electron chi connectivity index (χ0n) is 20.8. The fourth-order valence-electron chi connectivity index (χ4n) is 4.10. The van der Waals surface area contributed by atoms with Crippen molar-refractivity contribution in [3.05, 3.63) is 84.3 Å². The summed E-state index contributed by atoms with van der Waals surface area (Å²) < 4.78 is 12.3. The van der Waals surface area contributed by atoms with Gasteiger partial charge in [0, 0.05) is 28.7 Å². The minimum Gasteiger partial charge on any atom is -0.508 e. The Morgan fingerprint density at radius 2 is 1.05 bits per heavy atom. The molecule has 5 rings (SSSR count). The maximum absolute atomic E-state index is 9.58. The minimum atomic E-state index is -0.389. The Morgan fingerprint density at radius 1 is 0.658 bits per heavy atom. The number of allylic oxidation sites excluding steroid dienone is 2. The van der Waals surface area contributed by atoms with Gasteiger partial charge in [-0.2, -0.15) is 9.97 Å². The van der Waals surface area contributed by atoms with E-state index in [9.17, 15) is 10.2 Å². The highest BCUT2D eigenvalue weighted by Gasteiger charge is 2.24. The molecule has 2 aromatic heterocycles. The normalized spacial score (nSPS) is 14.4. The fraction of sp³-hybridized carbons (Fsp3) is 0.143. The van der Waals surface area contributed by atoms with Gasteiger partial charge in [-0.15, -0.1) is 0 Å². The maximum atomic E-state index is 9.58. The molecule has 192 valence electrons. The molecule has 2 aromatic carbocycles. The zero-order chi connectivity index (χ0) is 26.9. The van der Waals surface area contributed by atoms with Gasteiger partial charge in [0.25, 0.3) is 0 Å². The van der Waals surface area contributed by atoms with E-state index >= 15 is 0 Å². The van der Waals surface area contributed by atoms with E-state index in [1.54, 1.807) is 60.7 Å². The fourth-order valence-corrected chi connectivity index (χ4v) is 4.10. The van der Waals surface area contributed by atoms with E-state index in [4.69, 9.17) is 20.9 Å². The van der Waals surface area contributed by atoms with Crippen LogP contribution in [0.15, 0.2) is 84.3 Å². The minimum absolute atomic E-state index is 0.0616. The molecule has 10 heteroatoms. The molecule has 0 spiro atoms. The number of aromatic hydroxyl groups is 2. The first-order valence-electron chi connectivity index (χ1n) is 11.8. The smallest absolute Gasteiger partial charge is 0.224 e. The first kappa shape index (κ1) is 24.6. The van der Waals surface area contributed by atoms with Gasteiger partial charge in [-0.25, -0.2) is 9.97 Å². The number of phenolic OH excluding ortho intramolecular Hbond substituents is 2. The van der Waals surface area contributed by atoms with Crippen molar-refractivity contribution in [1.29, 1.82) is 0 Å². The summed E-state index contributed by atoms with van der Waals surface area (Å²) >= 11 is 0. The maximum Gasteiger partial charge on any atom is 0.224 e. The Hall–Kier alpha value is -5.12. The number of anilines is 2. The van der Waals surface area contributed by atoms with Crippen molar-refractivity contribution in [2.24, 2.45) is 5.41 Å². The number of nitrogen functional groups attached to an aromatic ring is 2. The van der Waals surface area contributed by atoms with Crippen LogP contribution >= 0.6 is 0 Å². The lowest BCUT2D eigenvalue weighted by atomic mass is 9.87. The third-order valence-electron chi connectivity index (χ3n) is 5.65. The lowest BCUT2D eigenvalue weighted by Gasteiger charge is -2.25. The van der Waals surface area contributed by atoms with Crippen molar-refractivity contribution >= 4 is 11.9 Å². The molecule has 0 radical (unpaired) electrons. The van der Waals surface area contributed by atoms with Crippen molar-refractivity contribution in [3.8, 4) is 45.8 Å². The van der Waals surface area contributed by atoms with Gasteiger partial charge in [0.1, 0.15) is 23.0 Å². The van der Waals surface area contributed by atoms with Crippen LogP contribution in [0.4, 0.5) is 11.9 Å². The number of ether oxygens (including phenoxy) is 2. The average Bonchev–Trinajstić information content (AvgIpc) is 2.83. The van der Waals surface area contributed by atoms with Crippen LogP contribution in [0.3, 0.4) is 0 Å². The lowest BCUT2D eigenvalue weighted by molar-refractivity contribution is 0.323. The van der Waals surface area contributed by atoms with Gasteiger partial charge in [-0.3, -0.25) is 0 Å². The predicted octanol–water partition coefficient (Wildman–Crippen LogP) is 4.83. The van der Waals surface area contributed by atoms with Crippen LogP contribution in [0.1, 0.15) is 20.3 Å². The van der Waals surface area contributed by atoms with Gasteiger partial charge in [0.2, 0.25) is 23.7 Å². The number of benzene rings is 2. The largest absolute Gasteiger partial charge is 0.508 e. The van der Waals surface area contributed by atoms with E-state index in [2.05, 4.69) is 19.9 Å². The summed E-state index contributed by atoms with van der Waals surface area (Å²) in [4.78, 5) is 17.0. The van der Waals surface area contributed by atoms with E-state index in [1.165, 1.54) is 0 Å². The molecule has 1 aliphatic carbocycles. The van der Waals surface area contributed by atoms with Crippen LogP contribution in [0.5, 0.6) is 23.3 Å². The first-order chi connectivity index (χ1) is 18.1. The second-order valence-electron chi connectivity index (χ2n) is 9.42. The first-order valence-corrected chi connectivity index (χ1v) is 11.8. The second kappa shape index (κ2) is 9.74. The Kier molecular flexibility index (Phi) is 6.29. The predicted molar refractivity (Wildman–Crippen MR) is 143 cm³/mol. The standard InChI is InChI=1S/C28H26N6O4/c1-28(2)14-20(37-24-12-22(31-26(29)33-24)16-3-7-18(35)8-4-16)11-21(15-28)38-25-13-23(32-27(30)34-25)17-5-9-19(36)10-6-17/h3-10,12-15,35-36H,11H2,1-2H3,(H2,29,31,33)(H2,30,32,34). The van der Waals surface area contributed by atoms with Crippen molar-refractivity contribution in [1.82, 2.24) is 19.9 Å². The molecule has 10 nitrogen and oxygen atoms in total. The monoisotopic (exact) mass is 510 g/mol. The SMILES string of the molecule is CC1(C)C=C(Oc2cc(-c3ccc(O)cc3)nc(N)n2)CC(Oc2cc(-c3ccc(O)cc3)nc(N)n2)=C1. The summed E-state index contributed by atoms with van der Waals surface area (Å²) in [6.45, 7) is 4.04. The quantitative estimate of drug-likeness (QED) is 0.282. The molecule has 38 heavy (non-hydrogen) atoms. The molecule has 0 bridgehead atoms. The van der Waals surface area contributed by atoms with E-state index in [0.717, 1.165) is 11.1 Å². The Labute approximate surface area is 219 Å². The van der Waals surface area contributed by atoms with Gasteiger partial charge in [0.05, 0.1) is 17.8 Å². The van der Waals surface area contributed by atoms with E-state index in [-0.39, 0.29) is 40.6 Å². The molecule has 2 heterocycles. The molecule has 0 saturated heterocycles. The Balaban J connectivity index is 1.37. The highest BCUT2D eigenvalue weighted by molar-refractivity contribution is 5.63. The summed E-state index contributed by atoms with van der Waals surface area (Å²) in [6, 6.07) is 16.6. The molecular weight excluding hydrogens is 484 g/mol. The lowest BCUT2D eigenvalue weighted by Crippen LogP contribution is -2.17. The van der Waals surface area contributed by atoms with Crippen LogP contribution in [0.25, 0.3) is 22.5 Å². The summed E-state index contributed by atoms with van der Waals surface area (Å²) in [5, 5.41) is 19.2. The van der Waals surface area contributed by atoms with E-state index in [0.29, 0.717) is 29.3 Å². The Bertz CT molecular complexity index is 1430. The van der Waals surface area contributed by atoms with Crippen LogP contribution in [0, 0.1) is 5.41 Å². The number of rotatable bonds is 6. The third-order valence-corrected chi connectivity index (χ3v) is 5.65. The molecular formula is C28H26N6O4. The number of hydrogen-bond donors (Lipinski definition) is 4. The van der Waals surface area contributed by atoms with Crippen LogP contribution in [-0.4, -0.2) is 30.1 Å². The van der Waals surface area contributed by atoms with Crippen molar-refractivity contribution in [2.75, 3.05) is 11.5 Å².